The SMILES string of the molecule is C=C/C=C/c1ccc2c(c1)=CC1CC1C=2. The normalized spacial score (nSPS) is 26.1. The summed E-state index contributed by atoms with van der Waals surface area (Å²) in [6, 6.07) is 6.66. The van der Waals surface area contributed by atoms with E-state index in [1.807, 2.05) is 12.2 Å². The largest absolute Gasteiger partial charge is 0.0991 e. The maximum absolute atomic E-state index is 3.68. The van der Waals surface area contributed by atoms with E-state index in [-0.39, 0.29) is 0 Å². The standard InChI is InChI=1S/C15H14/c1-2-3-4-11-5-6-12-8-14-10-15(14)9-13(12)7-11/h2-9,14-15H,1,10H2/b4-3+. The smallest absolute Gasteiger partial charge is 0.0155 e. The first-order valence-electron chi connectivity index (χ1n) is 5.50. The zero-order chi connectivity index (χ0) is 10.3. The highest BCUT2D eigenvalue weighted by Gasteiger charge is 2.34. The van der Waals surface area contributed by atoms with Crippen LogP contribution in [0.2, 0.25) is 0 Å². The minimum atomic E-state index is 0.830. The molecule has 1 saturated carbocycles. The Morgan fingerprint density at radius 1 is 1.13 bits per heavy atom. The predicted molar refractivity (Wildman–Crippen MR) is 65.5 cm³/mol. The molecule has 3 rings (SSSR count). The molecule has 0 aliphatic heterocycles. The number of hydrogen-bond donors (Lipinski definition) is 0. The quantitative estimate of drug-likeness (QED) is 0.632. The monoisotopic (exact) mass is 194 g/mol. The summed E-state index contributed by atoms with van der Waals surface area (Å²) in [5.74, 6) is 1.67. The Bertz CT molecular complexity index is 546. The highest BCUT2D eigenvalue weighted by Crippen LogP contribution is 2.41. The number of allylic oxidation sites excluding steroid dienone is 2. The van der Waals surface area contributed by atoms with E-state index in [1.165, 1.54) is 22.4 Å². The van der Waals surface area contributed by atoms with Gasteiger partial charge in [-0.05, 0) is 40.3 Å². The van der Waals surface area contributed by atoms with E-state index >= 15 is 0 Å². The third-order valence-electron chi connectivity index (χ3n) is 3.21. The Hall–Kier alpha value is -1.56. The van der Waals surface area contributed by atoms with Gasteiger partial charge in [-0.2, -0.15) is 0 Å². The van der Waals surface area contributed by atoms with Crippen molar-refractivity contribution in [1.29, 1.82) is 0 Å². The minimum Gasteiger partial charge on any atom is -0.0991 e. The van der Waals surface area contributed by atoms with Gasteiger partial charge in [0.1, 0.15) is 0 Å². The lowest BCUT2D eigenvalue weighted by Crippen LogP contribution is -2.27. The van der Waals surface area contributed by atoms with Crippen molar-refractivity contribution in [2.45, 2.75) is 6.42 Å². The molecule has 2 aliphatic carbocycles. The second kappa shape index (κ2) is 3.23. The molecule has 1 aromatic rings. The molecule has 0 heterocycles. The van der Waals surface area contributed by atoms with Gasteiger partial charge in [0.05, 0.1) is 0 Å². The second-order valence-corrected chi connectivity index (χ2v) is 4.38. The highest BCUT2D eigenvalue weighted by molar-refractivity contribution is 5.55. The molecule has 0 nitrogen and oxygen atoms in total. The average molecular weight is 194 g/mol. The molecule has 0 aromatic heterocycles. The van der Waals surface area contributed by atoms with E-state index in [0.717, 1.165) is 11.8 Å². The molecule has 74 valence electrons. The Morgan fingerprint density at radius 3 is 2.73 bits per heavy atom. The van der Waals surface area contributed by atoms with E-state index in [1.54, 1.807) is 0 Å². The maximum Gasteiger partial charge on any atom is -0.0155 e. The Morgan fingerprint density at radius 2 is 1.93 bits per heavy atom. The summed E-state index contributed by atoms with van der Waals surface area (Å²) in [5.41, 5.74) is 1.26. The zero-order valence-electron chi connectivity index (χ0n) is 8.69. The van der Waals surface area contributed by atoms with Crippen LogP contribution in [0.3, 0.4) is 0 Å². The van der Waals surface area contributed by atoms with Gasteiger partial charge >= 0.3 is 0 Å². The molecule has 0 spiro atoms. The molecule has 15 heavy (non-hydrogen) atoms. The van der Waals surface area contributed by atoms with Gasteiger partial charge < -0.3 is 0 Å². The Kier molecular flexibility index (Phi) is 1.88. The highest BCUT2D eigenvalue weighted by atomic mass is 14.4. The molecule has 2 atom stereocenters. The summed E-state index contributed by atoms with van der Waals surface area (Å²) in [7, 11) is 0. The lowest BCUT2D eigenvalue weighted by molar-refractivity contribution is 1.06. The van der Waals surface area contributed by atoms with Crippen molar-refractivity contribution < 1.29 is 0 Å². The third-order valence-corrected chi connectivity index (χ3v) is 3.21. The molecule has 1 fully saturated rings. The number of fused-ring (bicyclic) bond motifs is 2. The van der Waals surface area contributed by atoms with Crippen molar-refractivity contribution in [3.8, 4) is 0 Å². The molecular weight excluding hydrogens is 180 g/mol. The maximum atomic E-state index is 3.68. The first kappa shape index (κ1) is 8.72. The van der Waals surface area contributed by atoms with Crippen molar-refractivity contribution in [2.24, 2.45) is 11.8 Å². The summed E-state index contributed by atoms with van der Waals surface area (Å²) >= 11 is 0. The topological polar surface area (TPSA) is 0 Å². The summed E-state index contributed by atoms with van der Waals surface area (Å²) in [5, 5.41) is 2.81. The first-order valence-corrected chi connectivity index (χ1v) is 5.50. The van der Waals surface area contributed by atoms with Gasteiger partial charge in [0.25, 0.3) is 0 Å². The van der Waals surface area contributed by atoms with Crippen LogP contribution < -0.4 is 10.4 Å². The van der Waals surface area contributed by atoms with Gasteiger partial charge in [-0.25, -0.2) is 0 Å². The molecule has 2 aliphatic rings. The van der Waals surface area contributed by atoms with E-state index in [9.17, 15) is 0 Å². The second-order valence-electron chi connectivity index (χ2n) is 4.38. The van der Waals surface area contributed by atoms with Crippen LogP contribution >= 0.6 is 0 Å². The van der Waals surface area contributed by atoms with Gasteiger partial charge in [-0.3, -0.25) is 0 Å². The fourth-order valence-electron chi connectivity index (χ4n) is 2.25. The van der Waals surface area contributed by atoms with Gasteiger partial charge in [-0.1, -0.05) is 49.1 Å². The van der Waals surface area contributed by atoms with Crippen molar-refractivity contribution in [2.75, 3.05) is 0 Å². The van der Waals surface area contributed by atoms with Crippen molar-refractivity contribution in [1.82, 2.24) is 0 Å². The number of rotatable bonds is 2. The molecule has 0 saturated heterocycles. The van der Waals surface area contributed by atoms with Gasteiger partial charge in [0.15, 0.2) is 0 Å². The lowest BCUT2D eigenvalue weighted by Gasteiger charge is -2.00. The zero-order valence-corrected chi connectivity index (χ0v) is 8.69. The van der Waals surface area contributed by atoms with E-state index in [4.69, 9.17) is 0 Å². The van der Waals surface area contributed by atoms with Gasteiger partial charge in [0.2, 0.25) is 0 Å². The van der Waals surface area contributed by atoms with E-state index in [0.29, 0.717) is 0 Å². The summed E-state index contributed by atoms with van der Waals surface area (Å²) in [4.78, 5) is 0. The molecular formula is C15H14. The fourth-order valence-corrected chi connectivity index (χ4v) is 2.25. The molecule has 2 unspecified atom stereocenters. The molecule has 0 radical (unpaired) electrons. The molecule has 0 bridgehead atoms. The molecule has 0 heteroatoms. The average Bonchev–Trinajstić information content (AvgIpc) is 3.00. The van der Waals surface area contributed by atoms with E-state index < -0.39 is 0 Å². The predicted octanol–water partition coefficient (Wildman–Crippen LogP) is 2.10. The number of hydrogen-bond acceptors (Lipinski definition) is 0. The lowest BCUT2D eigenvalue weighted by atomic mass is 10.1. The van der Waals surface area contributed by atoms with Crippen LogP contribution in [0, 0.1) is 11.8 Å². The van der Waals surface area contributed by atoms with Crippen LogP contribution in [0.5, 0.6) is 0 Å². The Balaban J connectivity index is 2.11. The molecule has 0 amide bonds. The fraction of sp³-hybridized carbons (Fsp3) is 0.200. The van der Waals surface area contributed by atoms with Gasteiger partial charge in [0, 0.05) is 0 Å². The van der Waals surface area contributed by atoms with Crippen LogP contribution in [-0.2, 0) is 0 Å². The van der Waals surface area contributed by atoms with Crippen molar-refractivity contribution in [3.05, 3.63) is 52.9 Å². The summed E-state index contributed by atoms with van der Waals surface area (Å²) < 4.78 is 0. The summed E-state index contributed by atoms with van der Waals surface area (Å²) in [6.07, 6.45) is 12.1. The van der Waals surface area contributed by atoms with E-state index in [2.05, 4.69) is 43.0 Å². The molecule has 0 N–H and O–H groups in total. The van der Waals surface area contributed by atoms with Crippen LogP contribution in [0.4, 0.5) is 0 Å². The minimum absolute atomic E-state index is 0.830. The van der Waals surface area contributed by atoms with Crippen LogP contribution in [-0.4, -0.2) is 0 Å². The number of benzene rings is 1. The van der Waals surface area contributed by atoms with Crippen molar-refractivity contribution >= 4 is 18.2 Å². The first-order chi connectivity index (χ1) is 7.36. The van der Waals surface area contributed by atoms with Crippen molar-refractivity contribution in [3.63, 3.8) is 0 Å². The summed E-state index contributed by atoms with van der Waals surface area (Å²) in [6.45, 7) is 3.68. The van der Waals surface area contributed by atoms with Crippen LogP contribution in [0.15, 0.2) is 36.9 Å². The van der Waals surface area contributed by atoms with Crippen LogP contribution in [0.25, 0.3) is 18.2 Å². The molecule has 1 aromatic carbocycles. The van der Waals surface area contributed by atoms with Gasteiger partial charge in [-0.15, -0.1) is 0 Å². The van der Waals surface area contributed by atoms with Crippen LogP contribution in [0.1, 0.15) is 12.0 Å². The third kappa shape index (κ3) is 1.56. The Labute approximate surface area is 89.9 Å².